The molecule has 0 heterocycles. The lowest BCUT2D eigenvalue weighted by Crippen LogP contribution is -2.07. The Morgan fingerprint density at radius 3 is 2.50 bits per heavy atom. The summed E-state index contributed by atoms with van der Waals surface area (Å²) in [6.07, 6.45) is 0.845. The molecule has 5 heteroatoms. The third kappa shape index (κ3) is 3.65. The molecule has 0 bridgehead atoms. The number of hydrogen-bond acceptors (Lipinski definition) is 3. The Morgan fingerprint density at radius 2 is 1.90 bits per heavy atom. The van der Waals surface area contributed by atoms with Crippen molar-refractivity contribution in [3.63, 3.8) is 0 Å². The van der Waals surface area contributed by atoms with Crippen LogP contribution in [0.2, 0.25) is 5.02 Å². The van der Waals surface area contributed by atoms with E-state index in [1.807, 2.05) is 24.3 Å². The summed E-state index contributed by atoms with van der Waals surface area (Å²) in [5.74, 6) is -1.02. The average molecular weight is 291 g/mol. The molecule has 0 saturated carbocycles. The first-order chi connectivity index (χ1) is 9.56. The van der Waals surface area contributed by atoms with Crippen molar-refractivity contribution in [3.05, 3.63) is 58.6 Å². The molecule has 4 nitrogen and oxygen atoms in total. The van der Waals surface area contributed by atoms with Crippen LogP contribution in [0.5, 0.6) is 0 Å². The van der Waals surface area contributed by atoms with Crippen LogP contribution in [0.4, 0.5) is 11.4 Å². The van der Waals surface area contributed by atoms with E-state index in [2.05, 4.69) is 5.32 Å². The van der Waals surface area contributed by atoms with Crippen molar-refractivity contribution in [2.75, 3.05) is 17.6 Å². The Labute approximate surface area is 122 Å². The van der Waals surface area contributed by atoms with Crippen molar-refractivity contribution in [2.24, 2.45) is 0 Å². The van der Waals surface area contributed by atoms with Crippen molar-refractivity contribution >= 4 is 28.9 Å². The van der Waals surface area contributed by atoms with Crippen LogP contribution >= 0.6 is 11.6 Å². The highest BCUT2D eigenvalue weighted by molar-refractivity contribution is 6.30. The summed E-state index contributed by atoms with van der Waals surface area (Å²) in [6, 6.07) is 12.5. The second-order valence-electron chi connectivity index (χ2n) is 4.41. The number of rotatable bonds is 5. The molecule has 2 rings (SSSR count). The van der Waals surface area contributed by atoms with Crippen LogP contribution in [-0.4, -0.2) is 17.6 Å². The zero-order valence-electron chi connectivity index (χ0n) is 10.8. The minimum atomic E-state index is -1.02. The molecule has 2 aromatic carbocycles. The van der Waals surface area contributed by atoms with E-state index in [0.29, 0.717) is 0 Å². The monoisotopic (exact) mass is 290 g/mol. The third-order valence-corrected chi connectivity index (χ3v) is 3.19. The standard InChI is InChI=1S/C15H15ClN2O2/c16-11-3-1-10(2-4-11)7-8-18-12-5-6-13(15(19)20)14(17)9-12/h1-6,9,18H,7-8,17H2,(H,19,20). The third-order valence-electron chi connectivity index (χ3n) is 2.94. The van der Waals surface area contributed by atoms with Gasteiger partial charge in [0.2, 0.25) is 0 Å². The molecule has 0 aliphatic carbocycles. The maximum absolute atomic E-state index is 10.8. The van der Waals surface area contributed by atoms with E-state index in [0.717, 1.165) is 23.7 Å². The van der Waals surface area contributed by atoms with Crippen LogP contribution in [-0.2, 0) is 6.42 Å². The van der Waals surface area contributed by atoms with Gasteiger partial charge in [0.1, 0.15) is 0 Å². The van der Waals surface area contributed by atoms with Gasteiger partial charge in [-0.1, -0.05) is 23.7 Å². The molecule has 104 valence electrons. The number of aromatic carboxylic acids is 1. The lowest BCUT2D eigenvalue weighted by molar-refractivity contribution is 0.0698. The van der Waals surface area contributed by atoms with Crippen LogP contribution in [0.1, 0.15) is 15.9 Å². The van der Waals surface area contributed by atoms with E-state index in [1.54, 1.807) is 12.1 Å². The summed E-state index contributed by atoms with van der Waals surface area (Å²) in [5, 5.41) is 12.8. The largest absolute Gasteiger partial charge is 0.478 e. The van der Waals surface area contributed by atoms with Gasteiger partial charge in [0.15, 0.2) is 0 Å². The molecule has 0 aromatic heterocycles. The zero-order valence-corrected chi connectivity index (χ0v) is 11.5. The molecular formula is C15H15ClN2O2. The molecule has 0 saturated heterocycles. The summed E-state index contributed by atoms with van der Waals surface area (Å²) in [7, 11) is 0. The highest BCUT2D eigenvalue weighted by Gasteiger charge is 2.07. The van der Waals surface area contributed by atoms with Crippen LogP contribution < -0.4 is 11.1 Å². The minimum absolute atomic E-state index is 0.119. The predicted molar refractivity (Wildman–Crippen MR) is 81.5 cm³/mol. The zero-order chi connectivity index (χ0) is 14.5. The number of carboxylic acid groups (broad SMARTS) is 1. The second kappa shape index (κ2) is 6.30. The number of hydrogen-bond donors (Lipinski definition) is 3. The molecule has 0 amide bonds. The van der Waals surface area contributed by atoms with Gasteiger partial charge in [-0.25, -0.2) is 4.79 Å². The van der Waals surface area contributed by atoms with Crippen molar-refractivity contribution in [3.8, 4) is 0 Å². The molecule has 0 radical (unpaired) electrons. The van der Waals surface area contributed by atoms with Gasteiger partial charge in [-0.2, -0.15) is 0 Å². The van der Waals surface area contributed by atoms with Gasteiger partial charge in [-0.3, -0.25) is 0 Å². The van der Waals surface area contributed by atoms with E-state index >= 15 is 0 Å². The molecule has 0 aliphatic rings. The number of nitrogens with one attached hydrogen (secondary N) is 1. The van der Waals surface area contributed by atoms with Gasteiger partial charge in [-0.15, -0.1) is 0 Å². The summed E-state index contributed by atoms with van der Waals surface area (Å²) in [5.41, 5.74) is 8.05. The molecule has 0 aliphatic heterocycles. The first-order valence-corrected chi connectivity index (χ1v) is 6.55. The molecule has 0 atom stereocenters. The fourth-order valence-electron chi connectivity index (χ4n) is 1.87. The number of benzene rings is 2. The molecule has 2 aromatic rings. The number of carboxylic acids is 1. The van der Waals surface area contributed by atoms with Gasteiger partial charge in [0, 0.05) is 22.9 Å². The van der Waals surface area contributed by atoms with Gasteiger partial charge >= 0.3 is 5.97 Å². The summed E-state index contributed by atoms with van der Waals surface area (Å²) in [6.45, 7) is 0.730. The first-order valence-electron chi connectivity index (χ1n) is 6.17. The maximum Gasteiger partial charge on any atom is 0.337 e. The summed E-state index contributed by atoms with van der Waals surface area (Å²) >= 11 is 5.82. The van der Waals surface area contributed by atoms with Crippen molar-refractivity contribution in [1.82, 2.24) is 0 Å². The van der Waals surface area contributed by atoms with Crippen molar-refractivity contribution < 1.29 is 9.90 Å². The molecular weight excluding hydrogens is 276 g/mol. The number of anilines is 2. The topological polar surface area (TPSA) is 75.3 Å². The van der Waals surface area contributed by atoms with Crippen LogP contribution in [0.25, 0.3) is 0 Å². The lowest BCUT2D eigenvalue weighted by atomic mass is 10.1. The van der Waals surface area contributed by atoms with E-state index in [1.165, 1.54) is 11.6 Å². The van der Waals surface area contributed by atoms with E-state index in [4.69, 9.17) is 22.4 Å². The van der Waals surface area contributed by atoms with E-state index in [-0.39, 0.29) is 11.3 Å². The Hall–Kier alpha value is -2.20. The number of nitrogens with two attached hydrogens (primary N) is 1. The summed E-state index contributed by atoms with van der Waals surface area (Å²) in [4.78, 5) is 10.8. The quantitative estimate of drug-likeness (QED) is 0.739. The minimum Gasteiger partial charge on any atom is -0.478 e. The van der Waals surface area contributed by atoms with E-state index in [9.17, 15) is 4.79 Å². The number of halogens is 1. The van der Waals surface area contributed by atoms with Gasteiger partial charge in [-0.05, 0) is 42.3 Å². The SMILES string of the molecule is Nc1cc(NCCc2ccc(Cl)cc2)ccc1C(=O)O. The van der Waals surface area contributed by atoms with Gasteiger partial charge in [0.25, 0.3) is 0 Å². The van der Waals surface area contributed by atoms with Gasteiger partial charge < -0.3 is 16.2 Å². The predicted octanol–water partition coefficient (Wildman–Crippen LogP) is 3.28. The summed E-state index contributed by atoms with van der Waals surface area (Å²) < 4.78 is 0. The Kier molecular flexibility index (Phi) is 4.48. The molecule has 20 heavy (non-hydrogen) atoms. The van der Waals surface area contributed by atoms with Crippen LogP contribution in [0.15, 0.2) is 42.5 Å². The Bertz CT molecular complexity index is 612. The molecule has 0 fully saturated rings. The van der Waals surface area contributed by atoms with E-state index < -0.39 is 5.97 Å². The lowest BCUT2D eigenvalue weighted by Gasteiger charge is -2.08. The molecule has 0 spiro atoms. The molecule has 4 N–H and O–H groups in total. The number of carbonyl (C=O) groups is 1. The number of nitrogen functional groups attached to an aromatic ring is 1. The van der Waals surface area contributed by atoms with Gasteiger partial charge in [0.05, 0.1) is 5.56 Å². The highest BCUT2D eigenvalue weighted by Crippen LogP contribution is 2.18. The van der Waals surface area contributed by atoms with Crippen molar-refractivity contribution in [2.45, 2.75) is 6.42 Å². The van der Waals surface area contributed by atoms with Crippen LogP contribution in [0.3, 0.4) is 0 Å². The fourth-order valence-corrected chi connectivity index (χ4v) is 2.00. The van der Waals surface area contributed by atoms with Crippen molar-refractivity contribution in [1.29, 1.82) is 0 Å². The Morgan fingerprint density at radius 1 is 1.20 bits per heavy atom. The maximum atomic E-state index is 10.8. The first kappa shape index (κ1) is 14.2. The average Bonchev–Trinajstić information content (AvgIpc) is 2.41. The molecule has 0 unspecified atom stereocenters. The normalized spacial score (nSPS) is 10.2. The second-order valence-corrected chi connectivity index (χ2v) is 4.85. The highest BCUT2D eigenvalue weighted by atomic mass is 35.5. The fraction of sp³-hybridized carbons (Fsp3) is 0.133. The van der Waals surface area contributed by atoms with Crippen LogP contribution in [0, 0.1) is 0 Å². The smallest absolute Gasteiger partial charge is 0.337 e. The Balaban J connectivity index is 1.92.